The van der Waals surface area contributed by atoms with Gasteiger partial charge in [0.05, 0.1) is 11.0 Å². The van der Waals surface area contributed by atoms with Crippen molar-refractivity contribution in [2.45, 2.75) is 46.7 Å². The van der Waals surface area contributed by atoms with Gasteiger partial charge in [0.1, 0.15) is 5.69 Å². The highest BCUT2D eigenvalue weighted by molar-refractivity contribution is 5.74. The average molecular weight is 287 g/mol. The molecule has 0 bridgehead atoms. The molecule has 4 nitrogen and oxygen atoms in total. The van der Waals surface area contributed by atoms with Gasteiger partial charge in [-0.2, -0.15) is 0 Å². The number of nitrogens with zero attached hydrogens (tertiary/aromatic N) is 2. The van der Waals surface area contributed by atoms with Crippen LogP contribution < -0.4 is 10.9 Å². The zero-order valence-electron chi connectivity index (χ0n) is 13.4. The third kappa shape index (κ3) is 3.50. The van der Waals surface area contributed by atoms with Crippen LogP contribution in [0.15, 0.2) is 29.1 Å². The fourth-order valence-corrected chi connectivity index (χ4v) is 2.54. The van der Waals surface area contributed by atoms with Crippen LogP contribution in [-0.4, -0.2) is 22.1 Å². The second-order valence-corrected chi connectivity index (χ2v) is 5.91. The molecule has 4 heteroatoms. The van der Waals surface area contributed by atoms with Crippen LogP contribution in [0.3, 0.4) is 0 Å². The molecule has 0 fully saturated rings. The van der Waals surface area contributed by atoms with Crippen molar-refractivity contribution in [3.05, 3.63) is 40.3 Å². The summed E-state index contributed by atoms with van der Waals surface area (Å²) in [5.41, 5.74) is 2.37. The van der Waals surface area contributed by atoms with E-state index in [4.69, 9.17) is 0 Å². The molecular weight excluding hydrogens is 262 g/mol. The number of aromatic nitrogens is 2. The number of para-hydroxylation sites is 2. The summed E-state index contributed by atoms with van der Waals surface area (Å²) in [5.74, 6) is 0.468. The molecule has 1 heterocycles. The molecule has 1 N–H and O–H groups in total. The van der Waals surface area contributed by atoms with Crippen LogP contribution in [0.25, 0.3) is 11.0 Å². The van der Waals surface area contributed by atoms with Crippen molar-refractivity contribution < 1.29 is 0 Å². The Morgan fingerprint density at radius 2 is 2.00 bits per heavy atom. The molecule has 2 aromatic rings. The van der Waals surface area contributed by atoms with Crippen LogP contribution in [0.5, 0.6) is 0 Å². The van der Waals surface area contributed by atoms with Crippen molar-refractivity contribution in [3.8, 4) is 0 Å². The summed E-state index contributed by atoms with van der Waals surface area (Å²) in [6, 6.07) is 8.13. The number of hydrogen-bond donors (Lipinski definition) is 1. The third-order valence-corrected chi connectivity index (χ3v) is 3.86. The second kappa shape index (κ2) is 6.85. The standard InChI is InChI=1S/C17H25N3O/c1-5-10-18-15(12(2)3)11-20-16-9-7-6-8-14(16)19-13(4)17(20)21/h6-9,12,15,18H,5,10-11H2,1-4H3. The molecule has 0 aliphatic rings. The maximum absolute atomic E-state index is 12.5. The summed E-state index contributed by atoms with van der Waals surface area (Å²) >= 11 is 0. The molecule has 1 atom stereocenters. The minimum atomic E-state index is 0.0117. The van der Waals surface area contributed by atoms with Gasteiger partial charge in [-0.3, -0.25) is 4.79 Å². The topological polar surface area (TPSA) is 46.9 Å². The van der Waals surface area contributed by atoms with E-state index in [1.807, 2.05) is 28.8 Å². The molecule has 0 aliphatic carbocycles. The number of fused-ring (bicyclic) bond motifs is 1. The molecule has 0 amide bonds. The van der Waals surface area contributed by atoms with E-state index in [0.29, 0.717) is 18.2 Å². The van der Waals surface area contributed by atoms with Crippen molar-refractivity contribution in [1.82, 2.24) is 14.9 Å². The first-order valence-electron chi connectivity index (χ1n) is 7.74. The lowest BCUT2D eigenvalue weighted by Crippen LogP contribution is -2.41. The van der Waals surface area contributed by atoms with E-state index < -0.39 is 0 Å². The van der Waals surface area contributed by atoms with Crippen molar-refractivity contribution in [2.24, 2.45) is 5.92 Å². The van der Waals surface area contributed by atoms with Gasteiger partial charge in [-0.15, -0.1) is 0 Å². The van der Waals surface area contributed by atoms with Gasteiger partial charge in [0.15, 0.2) is 0 Å². The molecule has 0 radical (unpaired) electrons. The molecule has 1 unspecified atom stereocenters. The highest BCUT2D eigenvalue weighted by Gasteiger charge is 2.16. The van der Waals surface area contributed by atoms with E-state index >= 15 is 0 Å². The minimum absolute atomic E-state index is 0.0117. The van der Waals surface area contributed by atoms with Gasteiger partial charge in [0.25, 0.3) is 5.56 Å². The Labute approximate surface area is 126 Å². The van der Waals surface area contributed by atoms with Crippen LogP contribution >= 0.6 is 0 Å². The molecule has 1 aromatic heterocycles. The summed E-state index contributed by atoms with van der Waals surface area (Å²) in [6.07, 6.45) is 1.09. The Morgan fingerprint density at radius 3 is 2.67 bits per heavy atom. The van der Waals surface area contributed by atoms with E-state index in [9.17, 15) is 4.79 Å². The number of nitrogens with one attached hydrogen (secondary N) is 1. The highest BCUT2D eigenvalue weighted by Crippen LogP contribution is 2.12. The average Bonchev–Trinajstić information content (AvgIpc) is 2.46. The van der Waals surface area contributed by atoms with Crippen molar-refractivity contribution in [2.75, 3.05) is 6.54 Å². The van der Waals surface area contributed by atoms with E-state index in [2.05, 4.69) is 31.1 Å². The van der Waals surface area contributed by atoms with Crippen LogP contribution in [-0.2, 0) is 6.54 Å². The van der Waals surface area contributed by atoms with Crippen LogP contribution in [0.4, 0.5) is 0 Å². The lowest BCUT2D eigenvalue weighted by atomic mass is 10.0. The second-order valence-electron chi connectivity index (χ2n) is 5.91. The van der Waals surface area contributed by atoms with E-state index in [0.717, 1.165) is 24.0 Å². The van der Waals surface area contributed by atoms with E-state index in [-0.39, 0.29) is 11.6 Å². The smallest absolute Gasteiger partial charge is 0.272 e. The van der Waals surface area contributed by atoms with Gasteiger partial charge in [-0.1, -0.05) is 32.9 Å². The fraction of sp³-hybridized carbons (Fsp3) is 0.529. The fourth-order valence-electron chi connectivity index (χ4n) is 2.54. The van der Waals surface area contributed by atoms with Crippen molar-refractivity contribution >= 4 is 11.0 Å². The summed E-state index contributed by atoms with van der Waals surface area (Å²) in [7, 11) is 0. The first kappa shape index (κ1) is 15.7. The largest absolute Gasteiger partial charge is 0.312 e. The molecule has 1 aromatic carbocycles. The van der Waals surface area contributed by atoms with Crippen LogP contribution in [0, 0.1) is 12.8 Å². The zero-order chi connectivity index (χ0) is 15.4. The Bertz CT molecular complexity index is 661. The predicted octanol–water partition coefficient (Wildman–Crippen LogP) is 2.73. The number of hydrogen-bond acceptors (Lipinski definition) is 3. The lowest BCUT2D eigenvalue weighted by Gasteiger charge is -2.24. The summed E-state index contributed by atoms with van der Waals surface area (Å²) < 4.78 is 1.87. The molecule has 0 aliphatic heterocycles. The van der Waals surface area contributed by atoms with E-state index in [1.54, 1.807) is 6.92 Å². The molecule has 114 valence electrons. The lowest BCUT2D eigenvalue weighted by molar-refractivity contribution is 0.356. The van der Waals surface area contributed by atoms with Gasteiger partial charge in [-0.05, 0) is 37.9 Å². The van der Waals surface area contributed by atoms with Gasteiger partial charge >= 0.3 is 0 Å². The zero-order valence-corrected chi connectivity index (χ0v) is 13.4. The molecule has 2 rings (SSSR count). The van der Waals surface area contributed by atoms with Crippen LogP contribution in [0.2, 0.25) is 0 Å². The Balaban J connectivity index is 2.44. The first-order chi connectivity index (χ1) is 10.0. The maximum atomic E-state index is 12.5. The monoisotopic (exact) mass is 287 g/mol. The maximum Gasteiger partial charge on any atom is 0.272 e. The predicted molar refractivity (Wildman–Crippen MR) is 87.7 cm³/mol. The van der Waals surface area contributed by atoms with Crippen LogP contribution in [0.1, 0.15) is 32.9 Å². The van der Waals surface area contributed by atoms with Gasteiger partial charge in [-0.25, -0.2) is 4.98 Å². The molecular formula is C17H25N3O. The Hall–Kier alpha value is -1.68. The normalized spacial score (nSPS) is 13.0. The highest BCUT2D eigenvalue weighted by atomic mass is 16.1. The number of aryl methyl sites for hydroxylation is 1. The van der Waals surface area contributed by atoms with Crippen molar-refractivity contribution in [3.63, 3.8) is 0 Å². The molecule has 21 heavy (non-hydrogen) atoms. The Morgan fingerprint density at radius 1 is 1.29 bits per heavy atom. The quantitative estimate of drug-likeness (QED) is 0.888. The molecule has 0 saturated heterocycles. The van der Waals surface area contributed by atoms with Gasteiger partial charge in [0, 0.05) is 12.6 Å². The molecule has 0 saturated carbocycles. The minimum Gasteiger partial charge on any atom is -0.312 e. The summed E-state index contributed by atoms with van der Waals surface area (Å²) in [6.45, 7) is 9.97. The van der Waals surface area contributed by atoms with E-state index in [1.165, 1.54) is 0 Å². The summed E-state index contributed by atoms with van der Waals surface area (Å²) in [5, 5.41) is 3.55. The summed E-state index contributed by atoms with van der Waals surface area (Å²) in [4.78, 5) is 16.9. The number of rotatable bonds is 6. The van der Waals surface area contributed by atoms with Gasteiger partial charge in [0.2, 0.25) is 0 Å². The SMILES string of the molecule is CCCNC(Cn1c(=O)c(C)nc2ccccc21)C(C)C. The molecule has 0 spiro atoms. The number of benzene rings is 1. The van der Waals surface area contributed by atoms with Crippen molar-refractivity contribution in [1.29, 1.82) is 0 Å². The third-order valence-electron chi connectivity index (χ3n) is 3.86. The van der Waals surface area contributed by atoms with Gasteiger partial charge < -0.3 is 9.88 Å². The first-order valence-corrected chi connectivity index (χ1v) is 7.74. The Kier molecular flexibility index (Phi) is 5.12.